The van der Waals surface area contributed by atoms with Crippen LogP contribution in [0.3, 0.4) is 0 Å². The fourth-order valence-electron chi connectivity index (χ4n) is 1.33. The van der Waals surface area contributed by atoms with E-state index in [1.165, 1.54) is 0 Å². The lowest BCUT2D eigenvalue weighted by atomic mass is 10.2. The second-order valence-corrected chi connectivity index (χ2v) is 3.61. The molecular weight excluding hydrogens is 228 g/mol. The molecule has 0 radical (unpaired) electrons. The van der Waals surface area contributed by atoms with Gasteiger partial charge in [-0.2, -0.15) is 0 Å². The first kappa shape index (κ1) is 13.2. The first-order valence-electron chi connectivity index (χ1n) is 5.24. The van der Waals surface area contributed by atoms with Gasteiger partial charge in [-0.15, -0.1) is 0 Å². The van der Waals surface area contributed by atoms with Crippen LogP contribution in [-0.4, -0.2) is 18.5 Å². The summed E-state index contributed by atoms with van der Waals surface area (Å²) in [6.07, 6.45) is 0. The van der Waals surface area contributed by atoms with Crippen LogP contribution in [0, 0.1) is 11.6 Å². The number of halogens is 2. The van der Waals surface area contributed by atoms with Crippen molar-refractivity contribution in [2.45, 2.75) is 19.9 Å². The number of carbonyl (C=O) groups is 1. The van der Waals surface area contributed by atoms with Gasteiger partial charge in [0.05, 0.1) is 11.4 Å². The molecule has 17 heavy (non-hydrogen) atoms. The number of anilines is 2. The van der Waals surface area contributed by atoms with Crippen LogP contribution in [0.15, 0.2) is 12.1 Å². The minimum atomic E-state index is -0.851. The van der Waals surface area contributed by atoms with E-state index in [4.69, 9.17) is 5.73 Å². The number of nitrogen functional groups attached to an aromatic ring is 1. The van der Waals surface area contributed by atoms with Gasteiger partial charge in [-0.1, -0.05) is 0 Å². The Labute approximate surface area is 98.2 Å². The fraction of sp³-hybridized carbons (Fsp3) is 0.364. The summed E-state index contributed by atoms with van der Waals surface area (Å²) in [4.78, 5) is 11.4. The molecule has 0 saturated carbocycles. The standard InChI is InChI=1S/C11H15F2N3O/c1-3-15-11(17)6(2)16-9-5-7(12)4-8(13)10(9)14/h4-6,16H,3,14H2,1-2H3,(H,15,17). The summed E-state index contributed by atoms with van der Waals surface area (Å²) in [5.41, 5.74) is 5.30. The summed E-state index contributed by atoms with van der Waals surface area (Å²) in [6, 6.07) is 1.12. The molecule has 0 aliphatic rings. The average Bonchev–Trinajstić information content (AvgIpc) is 2.25. The van der Waals surface area contributed by atoms with Crippen molar-refractivity contribution in [1.29, 1.82) is 0 Å². The average molecular weight is 243 g/mol. The smallest absolute Gasteiger partial charge is 0.242 e. The van der Waals surface area contributed by atoms with Crippen molar-refractivity contribution < 1.29 is 13.6 Å². The molecule has 0 heterocycles. The number of rotatable bonds is 4. The van der Waals surface area contributed by atoms with Crippen LogP contribution in [0.4, 0.5) is 20.2 Å². The molecule has 0 saturated heterocycles. The minimum Gasteiger partial charge on any atom is -0.395 e. The first-order valence-corrected chi connectivity index (χ1v) is 5.24. The number of nitrogens with two attached hydrogens (primary N) is 1. The molecule has 6 heteroatoms. The second-order valence-electron chi connectivity index (χ2n) is 3.61. The highest BCUT2D eigenvalue weighted by atomic mass is 19.1. The summed E-state index contributed by atoms with van der Waals surface area (Å²) in [7, 11) is 0. The zero-order valence-corrected chi connectivity index (χ0v) is 9.68. The Bertz CT molecular complexity index is 423. The van der Waals surface area contributed by atoms with Gasteiger partial charge in [-0.25, -0.2) is 8.78 Å². The molecule has 1 amide bonds. The van der Waals surface area contributed by atoms with Crippen molar-refractivity contribution in [1.82, 2.24) is 5.32 Å². The molecule has 94 valence electrons. The van der Waals surface area contributed by atoms with Crippen LogP contribution >= 0.6 is 0 Å². The molecule has 0 spiro atoms. The predicted molar refractivity (Wildman–Crippen MR) is 62.5 cm³/mol. The molecule has 0 aliphatic heterocycles. The van der Waals surface area contributed by atoms with Gasteiger partial charge >= 0.3 is 0 Å². The summed E-state index contributed by atoms with van der Waals surface area (Å²) in [5, 5.41) is 5.24. The molecule has 0 aromatic heterocycles. The molecule has 1 aromatic rings. The monoisotopic (exact) mass is 243 g/mol. The molecule has 0 bridgehead atoms. The van der Waals surface area contributed by atoms with E-state index in [2.05, 4.69) is 10.6 Å². The van der Waals surface area contributed by atoms with E-state index in [-0.39, 0.29) is 17.3 Å². The molecule has 0 aliphatic carbocycles. The Hall–Kier alpha value is -1.85. The summed E-state index contributed by atoms with van der Waals surface area (Å²) in [6.45, 7) is 3.84. The zero-order valence-electron chi connectivity index (χ0n) is 9.68. The van der Waals surface area contributed by atoms with E-state index in [0.29, 0.717) is 12.6 Å². The lowest BCUT2D eigenvalue weighted by Gasteiger charge is -2.16. The van der Waals surface area contributed by atoms with Crippen molar-refractivity contribution in [3.63, 3.8) is 0 Å². The number of carbonyl (C=O) groups excluding carboxylic acids is 1. The Morgan fingerprint density at radius 3 is 2.71 bits per heavy atom. The lowest BCUT2D eigenvalue weighted by molar-refractivity contribution is -0.121. The molecular formula is C11H15F2N3O. The SMILES string of the molecule is CCNC(=O)C(C)Nc1cc(F)cc(F)c1N. The summed E-state index contributed by atoms with van der Waals surface area (Å²) < 4.78 is 26.1. The Morgan fingerprint density at radius 1 is 1.47 bits per heavy atom. The van der Waals surface area contributed by atoms with Gasteiger partial charge in [-0.3, -0.25) is 4.79 Å². The van der Waals surface area contributed by atoms with E-state index in [9.17, 15) is 13.6 Å². The maximum absolute atomic E-state index is 13.1. The van der Waals surface area contributed by atoms with Crippen LogP contribution in [0.25, 0.3) is 0 Å². The van der Waals surface area contributed by atoms with E-state index in [1.54, 1.807) is 13.8 Å². The highest BCUT2D eigenvalue weighted by molar-refractivity contribution is 5.85. The predicted octanol–water partition coefficient (Wildman–Crippen LogP) is 1.48. The minimum absolute atomic E-state index is 0.0706. The molecule has 4 N–H and O–H groups in total. The van der Waals surface area contributed by atoms with E-state index in [1.807, 2.05) is 0 Å². The molecule has 1 aromatic carbocycles. The number of hydrogen-bond acceptors (Lipinski definition) is 3. The van der Waals surface area contributed by atoms with Crippen molar-refractivity contribution in [3.8, 4) is 0 Å². The van der Waals surface area contributed by atoms with E-state index < -0.39 is 17.7 Å². The molecule has 4 nitrogen and oxygen atoms in total. The third kappa shape index (κ3) is 3.30. The van der Waals surface area contributed by atoms with Crippen LogP contribution in [0.2, 0.25) is 0 Å². The van der Waals surface area contributed by atoms with Gasteiger partial charge in [0.15, 0.2) is 5.82 Å². The van der Waals surface area contributed by atoms with Crippen molar-refractivity contribution >= 4 is 17.3 Å². The maximum Gasteiger partial charge on any atom is 0.242 e. The van der Waals surface area contributed by atoms with Gasteiger partial charge < -0.3 is 16.4 Å². The Balaban J connectivity index is 2.84. The normalized spacial score (nSPS) is 12.0. The van der Waals surface area contributed by atoms with Gasteiger partial charge in [0.25, 0.3) is 0 Å². The third-order valence-corrected chi connectivity index (χ3v) is 2.21. The number of amides is 1. The van der Waals surface area contributed by atoms with E-state index in [0.717, 1.165) is 6.07 Å². The molecule has 1 rings (SSSR count). The maximum atomic E-state index is 13.1. The Morgan fingerprint density at radius 2 is 2.12 bits per heavy atom. The topological polar surface area (TPSA) is 67.2 Å². The van der Waals surface area contributed by atoms with Crippen molar-refractivity contribution in [3.05, 3.63) is 23.8 Å². The van der Waals surface area contributed by atoms with Gasteiger partial charge in [0, 0.05) is 12.6 Å². The van der Waals surface area contributed by atoms with Crippen LogP contribution in [0.1, 0.15) is 13.8 Å². The number of nitrogens with one attached hydrogen (secondary N) is 2. The largest absolute Gasteiger partial charge is 0.395 e. The number of hydrogen-bond donors (Lipinski definition) is 3. The third-order valence-electron chi connectivity index (χ3n) is 2.21. The molecule has 1 atom stereocenters. The summed E-state index contributed by atoms with van der Waals surface area (Å²) in [5.74, 6) is -1.87. The lowest BCUT2D eigenvalue weighted by Crippen LogP contribution is -2.37. The highest BCUT2D eigenvalue weighted by Gasteiger charge is 2.15. The van der Waals surface area contributed by atoms with Gasteiger partial charge in [0.1, 0.15) is 11.9 Å². The highest BCUT2D eigenvalue weighted by Crippen LogP contribution is 2.23. The van der Waals surface area contributed by atoms with Crippen molar-refractivity contribution in [2.75, 3.05) is 17.6 Å². The second kappa shape index (κ2) is 5.47. The first-order chi connectivity index (χ1) is 7.95. The van der Waals surface area contributed by atoms with Crippen LogP contribution < -0.4 is 16.4 Å². The number of likely N-dealkylation sites (N-methyl/N-ethyl adjacent to an activating group) is 1. The fourth-order valence-corrected chi connectivity index (χ4v) is 1.33. The summed E-state index contributed by atoms with van der Waals surface area (Å²) >= 11 is 0. The van der Waals surface area contributed by atoms with Crippen molar-refractivity contribution in [2.24, 2.45) is 0 Å². The zero-order chi connectivity index (χ0) is 13.0. The van der Waals surface area contributed by atoms with Crippen LogP contribution in [-0.2, 0) is 4.79 Å². The molecule has 0 fully saturated rings. The quantitative estimate of drug-likeness (QED) is 0.702. The van der Waals surface area contributed by atoms with Gasteiger partial charge in [0.2, 0.25) is 5.91 Å². The Kier molecular flexibility index (Phi) is 4.25. The van der Waals surface area contributed by atoms with Gasteiger partial charge in [-0.05, 0) is 19.9 Å². The molecule has 1 unspecified atom stereocenters. The van der Waals surface area contributed by atoms with Crippen LogP contribution in [0.5, 0.6) is 0 Å². The number of benzene rings is 1. The van der Waals surface area contributed by atoms with E-state index >= 15 is 0 Å².